The lowest BCUT2D eigenvalue weighted by Crippen LogP contribution is -2.38. The van der Waals surface area contributed by atoms with Gasteiger partial charge in [-0.15, -0.1) is 0 Å². The van der Waals surface area contributed by atoms with Gasteiger partial charge in [0.2, 0.25) is 11.8 Å². The number of rotatable bonds is 6. The standard InChI is InChI=1S/C28H28F3N3O3/c1-18-23(6-4-7-24(18)28(29,30)31)27(36)34-15-13-20(14-16-34)19-9-11-21(12-10-19)32-25(35)17-22-5-3-8-26(33-22)37-2/h3-12,20H,13-17H2,1-2H3,(H,32,35). The minimum Gasteiger partial charge on any atom is -0.481 e. The van der Waals surface area contributed by atoms with Crippen LogP contribution in [0, 0.1) is 6.92 Å². The van der Waals surface area contributed by atoms with E-state index in [9.17, 15) is 22.8 Å². The van der Waals surface area contributed by atoms with Crippen LogP contribution in [0.2, 0.25) is 0 Å². The monoisotopic (exact) mass is 511 g/mol. The van der Waals surface area contributed by atoms with Crippen LogP contribution in [-0.4, -0.2) is 41.9 Å². The number of ether oxygens (including phenoxy) is 1. The highest BCUT2D eigenvalue weighted by atomic mass is 19.4. The third-order valence-corrected chi connectivity index (χ3v) is 6.65. The third kappa shape index (κ3) is 6.28. The van der Waals surface area contributed by atoms with E-state index in [-0.39, 0.29) is 35.3 Å². The number of piperidine rings is 1. The molecule has 2 aromatic carbocycles. The summed E-state index contributed by atoms with van der Waals surface area (Å²) in [6, 6.07) is 16.6. The molecule has 1 aromatic heterocycles. The number of halogens is 3. The predicted octanol–water partition coefficient (Wildman–Crippen LogP) is 5.62. The fraction of sp³-hybridized carbons (Fsp3) is 0.321. The van der Waals surface area contributed by atoms with E-state index in [0.29, 0.717) is 43.2 Å². The molecule has 6 nitrogen and oxygen atoms in total. The van der Waals surface area contributed by atoms with Crippen LogP contribution < -0.4 is 10.1 Å². The zero-order chi connectivity index (χ0) is 26.6. The Bertz CT molecular complexity index is 1270. The molecule has 194 valence electrons. The van der Waals surface area contributed by atoms with E-state index >= 15 is 0 Å². The van der Waals surface area contributed by atoms with Crippen molar-refractivity contribution in [1.29, 1.82) is 0 Å². The van der Waals surface area contributed by atoms with Crippen molar-refractivity contribution in [3.05, 3.63) is 88.6 Å². The van der Waals surface area contributed by atoms with Gasteiger partial charge < -0.3 is 15.0 Å². The molecule has 1 fully saturated rings. The van der Waals surface area contributed by atoms with Crippen LogP contribution >= 0.6 is 0 Å². The van der Waals surface area contributed by atoms with Gasteiger partial charge in [0.05, 0.1) is 24.8 Å². The molecule has 1 saturated heterocycles. The number of anilines is 1. The molecular formula is C28H28F3N3O3. The topological polar surface area (TPSA) is 71.5 Å². The van der Waals surface area contributed by atoms with Crippen LogP contribution in [0.5, 0.6) is 5.88 Å². The highest BCUT2D eigenvalue weighted by Crippen LogP contribution is 2.34. The summed E-state index contributed by atoms with van der Waals surface area (Å²) < 4.78 is 44.8. The molecule has 4 rings (SSSR count). The molecule has 0 aliphatic carbocycles. The normalized spacial score (nSPS) is 14.4. The number of carbonyl (C=O) groups is 2. The number of methoxy groups -OCH3 is 1. The number of nitrogens with zero attached hydrogens (tertiary/aromatic N) is 2. The first-order valence-electron chi connectivity index (χ1n) is 12.0. The molecule has 2 amide bonds. The van der Waals surface area contributed by atoms with Gasteiger partial charge in [0, 0.05) is 30.4 Å². The maximum absolute atomic E-state index is 13.2. The molecule has 0 radical (unpaired) electrons. The molecule has 1 aliphatic heterocycles. The minimum absolute atomic E-state index is 0.0399. The number of hydrogen-bond donors (Lipinski definition) is 1. The van der Waals surface area contributed by atoms with Crippen molar-refractivity contribution < 1.29 is 27.5 Å². The highest BCUT2D eigenvalue weighted by Gasteiger charge is 2.34. The summed E-state index contributed by atoms with van der Waals surface area (Å²) in [5, 5.41) is 2.87. The molecule has 0 atom stereocenters. The van der Waals surface area contributed by atoms with Crippen molar-refractivity contribution in [2.45, 2.75) is 38.3 Å². The van der Waals surface area contributed by atoms with Gasteiger partial charge in [-0.2, -0.15) is 13.2 Å². The molecule has 1 aliphatic rings. The average Bonchev–Trinajstić information content (AvgIpc) is 2.88. The van der Waals surface area contributed by atoms with Crippen molar-refractivity contribution in [3.8, 4) is 5.88 Å². The molecule has 0 saturated carbocycles. The van der Waals surface area contributed by atoms with E-state index in [1.54, 1.807) is 23.1 Å². The SMILES string of the molecule is COc1cccc(CC(=O)Nc2ccc(C3CCN(C(=O)c4cccc(C(F)(F)F)c4C)CC3)cc2)n1. The zero-order valence-electron chi connectivity index (χ0n) is 20.6. The van der Waals surface area contributed by atoms with Gasteiger partial charge >= 0.3 is 6.18 Å². The molecule has 2 heterocycles. The average molecular weight is 512 g/mol. The number of pyridine rings is 1. The van der Waals surface area contributed by atoms with Crippen molar-refractivity contribution in [3.63, 3.8) is 0 Å². The Balaban J connectivity index is 1.32. The molecule has 0 bridgehead atoms. The molecule has 0 unspecified atom stereocenters. The summed E-state index contributed by atoms with van der Waals surface area (Å²) in [5.41, 5.74) is 1.65. The third-order valence-electron chi connectivity index (χ3n) is 6.65. The van der Waals surface area contributed by atoms with Crippen molar-refractivity contribution >= 4 is 17.5 Å². The fourth-order valence-corrected chi connectivity index (χ4v) is 4.64. The Morgan fingerprint density at radius 2 is 1.70 bits per heavy atom. The van der Waals surface area contributed by atoms with E-state index < -0.39 is 11.7 Å². The van der Waals surface area contributed by atoms with Gasteiger partial charge in [0.1, 0.15) is 0 Å². The number of carbonyl (C=O) groups excluding carboxylic acids is 2. The first-order valence-corrected chi connectivity index (χ1v) is 12.0. The van der Waals surface area contributed by atoms with E-state index in [2.05, 4.69) is 10.3 Å². The maximum atomic E-state index is 13.2. The van der Waals surface area contributed by atoms with Gasteiger partial charge in [0.15, 0.2) is 0 Å². The summed E-state index contributed by atoms with van der Waals surface area (Å²) >= 11 is 0. The van der Waals surface area contributed by atoms with Crippen molar-refractivity contribution in [2.24, 2.45) is 0 Å². The smallest absolute Gasteiger partial charge is 0.416 e. The van der Waals surface area contributed by atoms with Gasteiger partial charge in [-0.1, -0.05) is 24.3 Å². The van der Waals surface area contributed by atoms with Crippen LogP contribution in [0.1, 0.15) is 51.5 Å². The first-order chi connectivity index (χ1) is 17.7. The highest BCUT2D eigenvalue weighted by molar-refractivity contribution is 5.96. The largest absolute Gasteiger partial charge is 0.481 e. The number of hydrogen-bond acceptors (Lipinski definition) is 4. The van der Waals surface area contributed by atoms with E-state index in [0.717, 1.165) is 11.6 Å². The lowest BCUT2D eigenvalue weighted by molar-refractivity contribution is -0.138. The predicted molar refractivity (Wildman–Crippen MR) is 134 cm³/mol. The van der Waals surface area contributed by atoms with Gasteiger partial charge in [-0.05, 0) is 67.1 Å². The number of benzene rings is 2. The Morgan fingerprint density at radius 3 is 2.35 bits per heavy atom. The quantitative estimate of drug-likeness (QED) is 0.467. The van der Waals surface area contributed by atoms with Gasteiger partial charge in [-0.25, -0.2) is 4.98 Å². The maximum Gasteiger partial charge on any atom is 0.416 e. The second-order valence-corrected chi connectivity index (χ2v) is 9.06. The lowest BCUT2D eigenvalue weighted by Gasteiger charge is -2.33. The summed E-state index contributed by atoms with van der Waals surface area (Å²) in [7, 11) is 1.52. The summed E-state index contributed by atoms with van der Waals surface area (Å²) in [6.07, 6.45) is -2.96. The number of aromatic nitrogens is 1. The number of likely N-dealkylation sites (tertiary alicyclic amines) is 1. The fourth-order valence-electron chi connectivity index (χ4n) is 4.64. The Morgan fingerprint density at radius 1 is 1.03 bits per heavy atom. The molecular weight excluding hydrogens is 483 g/mol. The van der Waals surface area contributed by atoms with Crippen molar-refractivity contribution in [2.75, 3.05) is 25.5 Å². The van der Waals surface area contributed by atoms with E-state index in [1.165, 1.54) is 26.2 Å². The summed E-state index contributed by atoms with van der Waals surface area (Å²) in [4.78, 5) is 31.2. The van der Waals surface area contributed by atoms with Gasteiger partial charge in [0.25, 0.3) is 5.91 Å². The minimum atomic E-state index is -4.50. The second-order valence-electron chi connectivity index (χ2n) is 9.06. The molecule has 9 heteroatoms. The second kappa shape index (κ2) is 11.0. The summed E-state index contributed by atoms with van der Waals surface area (Å²) in [5.74, 6) is 0.112. The first kappa shape index (κ1) is 26.2. The van der Waals surface area contributed by atoms with Gasteiger partial charge in [-0.3, -0.25) is 9.59 Å². The number of amides is 2. The molecule has 37 heavy (non-hydrogen) atoms. The Hall–Kier alpha value is -3.88. The Kier molecular flexibility index (Phi) is 7.80. The lowest BCUT2D eigenvalue weighted by atomic mass is 9.89. The van der Waals surface area contributed by atoms with E-state index in [1.807, 2.05) is 24.3 Å². The van der Waals surface area contributed by atoms with Crippen LogP contribution in [0.4, 0.5) is 18.9 Å². The molecule has 3 aromatic rings. The van der Waals surface area contributed by atoms with Crippen LogP contribution in [0.3, 0.4) is 0 Å². The molecule has 0 spiro atoms. The number of alkyl halides is 3. The zero-order valence-corrected chi connectivity index (χ0v) is 20.6. The van der Waals surface area contributed by atoms with Crippen LogP contribution in [-0.2, 0) is 17.4 Å². The van der Waals surface area contributed by atoms with Crippen LogP contribution in [0.15, 0.2) is 60.7 Å². The molecule has 1 N–H and O–H groups in total. The van der Waals surface area contributed by atoms with Crippen LogP contribution in [0.25, 0.3) is 0 Å². The van der Waals surface area contributed by atoms with E-state index in [4.69, 9.17) is 4.74 Å². The van der Waals surface area contributed by atoms with Crippen molar-refractivity contribution in [1.82, 2.24) is 9.88 Å². The summed E-state index contributed by atoms with van der Waals surface area (Å²) in [6.45, 7) is 2.27. The number of nitrogens with one attached hydrogen (secondary N) is 1. The Labute approximate surface area is 213 Å².